The third kappa shape index (κ3) is 4.97. The van der Waals surface area contributed by atoms with Gasteiger partial charge >= 0.3 is 0 Å². The molecular formula is C26H25FN2O3. The number of benzene rings is 3. The van der Waals surface area contributed by atoms with Gasteiger partial charge in [0.25, 0.3) is 5.91 Å². The monoisotopic (exact) mass is 432 g/mol. The summed E-state index contributed by atoms with van der Waals surface area (Å²) in [5, 5.41) is 2.95. The summed E-state index contributed by atoms with van der Waals surface area (Å²) >= 11 is 0. The molecule has 0 bridgehead atoms. The van der Waals surface area contributed by atoms with Gasteiger partial charge in [-0.2, -0.15) is 0 Å². The van der Waals surface area contributed by atoms with E-state index in [2.05, 4.69) is 5.32 Å². The van der Waals surface area contributed by atoms with Crippen LogP contribution in [0.25, 0.3) is 0 Å². The molecule has 0 aromatic heterocycles. The first kappa shape index (κ1) is 21.6. The van der Waals surface area contributed by atoms with Crippen molar-refractivity contribution in [3.63, 3.8) is 0 Å². The molecule has 1 aliphatic heterocycles. The summed E-state index contributed by atoms with van der Waals surface area (Å²) in [5.41, 5.74) is 1.99. The van der Waals surface area contributed by atoms with Gasteiger partial charge in [0.2, 0.25) is 5.91 Å². The van der Waals surface area contributed by atoms with Crippen molar-refractivity contribution in [3.05, 3.63) is 95.8 Å². The van der Waals surface area contributed by atoms with E-state index in [-0.39, 0.29) is 29.8 Å². The van der Waals surface area contributed by atoms with Gasteiger partial charge in [0.15, 0.2) is 0 Å². The molecular weight excluding hydrogens is 407 g/mol. The largest absolute Gasteiger partial charge is 0.497 e. The van der Waals surface area contributed by atoms with Crippen LogP contribution in [0.2, 0.25) is 0 Å². The molecule has 3 aromatic rings. The molecule has 0 radical (unpaired) electrons. The summed E-state index contributed by atoms with van der Waals surface area (Å²) in [6.07, 6.45) is 0.618. The molecule has 2 atom stereocenters. The van der Waals surface area contributed by atoms with Crippen molar-refractivity contribution >= 4 is 17.5 Å². The third-order valence-electron chi connectivity index (χ3n) is 5.79. The van der Waals surface area contributed by atoms with Gasteiger partial charge in [-0.15, -0.1) is 0 Å². The molecule has 1 fully saturated rings. The van der Waals surface area contributed by atoms with Gasteiger partial charge in [-0.1, -0.05) is 42.5 Å². The second-order valence-corrected chi connectivity index (χ2v) is 7.98. The zero-order chi connectivity index (χ0) is 22.5. The van der Waals surface area contributed by atoms with E-state index in [0.29, 0.717) is 24.4 Å². The molecule has 2 unspecified atom stereocenters. The average molecular weight is 432 g/mol. The van der Waals surface area contributed by atoms with Crippen molar-refractivity contribution in [2.45, 2.75) is 12.3 Å². The average Bonchev–Trinajstić information content (AvgIpc) is 2.84. The number of hydrogen-bond donors (Lipinski definition) is 1. The molecule has 1 aliphatic rings. The van der Waals surface area contributed by atoms with E-state index < -0.39 is 11.7 Å². The van der Waals surface area contributed by atoms with Crippen LogP contribution in [-0.2, 0) is 4.79 Å². The van der Waals surface area contributed by atoms with Crippen LogP contribution in [0.1, 0.15) is 28.3 Å². The molecule has 4 rings (SSSR count). The third-order valence-corrected chi connectivity index (χ3v) is 5.79. The fourth-order valence-electron chi connectivity index (χ4n) is 4.17. The normalized spacial score (nSPS) is 18.1. The fraction of sp³-hybridized carbons (Fsp3) is 0.231. The summed E-state index contributed by atoms with van der Waals surface area (Å²) < 4.78 is 18.9. The quantitative estimate of drug-likeness (QED) is 0.635. The van der Waals surface area contributed by atoms with Gasteiger partial charge in [0.1, 0.15) is 11.6 Å². The van der Waals surface area contributed by atoms with Crippen LogP contribution in [-0.4, -0.2) is 36.9 Å². The second kappa shape index (κ2) is 9.64. The highest BCUT2D eigenvalue weighted by Crippen LogP contribution is 2.32. The fourth-order valence-corrected chi connectivity index (χ4v) is 4.17. The molecule has 3 aromatic carbocycles. The van der Waals surface area contributed by atoms with Crippen molar-refractivity contribution in [1.82, 2.24) is 4.90 Å². The molecule has 32 heavy (non-hydrogen) atoms. The van der Waals surface area contributed by atoms with Gasteiger partial charge in [-0.05, 0) is 42.3 Å². The summed E-state index contributed by atoms with van der Waals surface area (Å²) in [7, 11) is 1.57. The highest BCUT2D eigenvalue weighted by Gasteiger charge is 2.35. The maximum atomic E-state index is 13.7. The summed E-state index contributed by atoms with van der Waals surface area (Å²) in [6, 6.07) is 22.7. The molecule has 0 saturated carbocycles. The van der Waals surface area contributed by atoms with E-state index in [0.717, 1.165) is 5.56 Å². The highest BCUT2D eigenvalue weighted by atomic mass is 19.1. The van der Waals surface area contributed by atoms with Crippen LogP contribution in [0.3, 0.4) is 0 Å². The number of methoxy groups -OCH3 is 1. The van der Waals surface area contributed by atoms with E-state index in [1.54, 1.807) is 36.3 Å². The Hall–Kier alpha value is -3.67. The number of likely N-dealkylation sites (tertiary alicyclic amines) is 1. The van der Waals surface area contributed by atoms with Gasteiger partial charge in [0.05, 0.1) is 13.0 Å². The molecule has 2 amide bonds. The first-order chi connectivity index (χ1) is 15.5. The number of anilines is 1. The smallest absolute Gasteiger partial charge is 0.253 e. The van der Waals surface area contributed by atoms with Crippen molar-refractivity contribution < 1.29 is 18.7 Å². The number of carbonyl (C=O) groups is 2. The number of ether oxygens (including phenoxy) is 1. The van der Waals surface area contributed by atoms with E-state index >= 15 is 0 Å². The SMILES string of the molecule is COc1cccc(NC(=O)C2CC(c3ccccc3)CN(C(=O)c3cccc(F)c3)C2)c1. The molecule has 0 spiro atoms. The van der Waals surface area contributed by atoms with E-state index in [1.807, 2.05) is 36.4 Å². The number of nitrogens with zero attached hydrogens (tertiary/aromatic N) is 1. The van der Waals surface area contributed by atoms with Gasteiger partial charge in [-0.25, -0.2) is 4.39 Å². The maximum Gasteiger partial charge on any atom is 0.253 e. The summed E-state index contributed by atoms with van der Waals surface area (Å²) in [6.45, 7) is 0.747. The van der Waals surface area contributed by atoms with Gasteiger partial charge in [-0.3, -0.25) is 9.59 Å². The number of hydrogen-bond acceptors (Lipinski definition) is 3. The minimum atomic E-state index is -0.459. The number of piperidine rings is 1. The van der Waals surface area contributed by atoms with Crippen LogP contribution < -0.4 is 10.1 Å². The molecule has 1 saturated heterocycles. The Labute approximate surface area is 186 Å². The van der Waals surface area contributed by atoms with E-state index in [4.69, 9.17) is 4.74 Å². The Morgan fingerprint density at radius 3 is 2.50 bits per heavy atom. The van der Waals surface area contributed by atoms with E-state index in [9.17, 15) is 14.0 Å². The van der Waals surface area contributed by atoms with Gasteiger partial charge in [0, 0.05) is 36.3 Å². The maximum absolute atomic E-state index is 13.7. The van der Waals surface area contributed by atoms with Crippen LogP contribution >= 0.6 is 0 Å². The van der Waals surface area contributed by atoms with Gasteiger partial charge < -0.3 is 15.0 Å². The predicted octanol–water partition coefficient (Wildman–Crippen LogP) is 4.72. The van der Waals surface area contributed by atoms with Crippen molar-refractivity contribution in [1.29, 1.82) is 0 Å². The Morgan fingerprint density at radius 2 is 1.75 bits per heavy atom. The minimum Gasteiger partial charge on any atom is -0.497 e. The second-order valence-electron chi connectivity index (χ2n) is 7.98. The Balaban J connectivity index is 1.57. The standard InChI is InChI=1S/C26H25FN2O3/c1-32-24-12-6-11-23(15-24)28-25(30)21-13-20(18-7-3-2-4-8-18)16-29(17-21)26(31)19-9-5-10-22(27)14-19/h2-12,14-15,20-21H,13,16-17H2,1H3,(H,28,30). The van der Waals surface area contributed by atoms with Crippen molar-refractivity contribution in [2.75, 3.05) is 25.5 Å². The number of halogens is 1. The topological polar surface area (TPSA) is 58.6 Å². The van der Waals surface area contributed by atoms with Crippen LogP contribution in [0.15, 0.2) is 78.9 Å². The lowest BCUT2D eigenvalue weighted by Crippen LogP contribution is -2.46. The first-order valence-corrected chi connectivity index (χ1v) is 10.6. The first-order valence-electron chi connectivity index (χ1n) is 10.6. The highest BCUT2D eigenvalue weighted by molar-refractivity contribution is 5.96. The number of amides is 2. The van der Waals surface area contributed by atoms with E-state index in [1.165, 1.54) is 18.2 Å². The molecule has 0 aliphatic carbocycles. The predicted molar refractivity (Wildman–Crippen MR) is 121 cm³/mol. The van der Waals surface area contributed by atoms with Crippen LogP contribution in [0, 0.1) is 11.7 Å². The molecule has 164 valence electrons. The number of carbonyl (C=O) groups excluding carboxylic acids is 2. The molecule has 1 heterocycles. The molecule has 5 nitrogen and oxygen atoms in total. The Bertz CT molecular complexity index is 1100. The Morgan fingerprint density at radius 1 is 0.969 bits per heavy atom. The minimum absolute atomic E-state index is 0.00326. The van der Waals surface area contributed by atoms with Crippen molar-refractivity contribution in [2.24, 2.45) is 5.92 Å². The van der Waals surface area contributed by atoms with Crippen LogP contribution in [0.5, 0.6) is 5.75 Å². The number of rotatable bonds is 5. The lowest BCUT2D eigenvalue weighted by atomic mass is 9.83. The molecule has 6 heteroatoms. The van der Waals surface area contributed by atoms with Crippen molar-refractivity contribution in [3.8, 4) is 5.75 Å². The Kier molecular flexibility index (Phi) is 6.50. The summed E-state index contributed by atoms with van der Waals surface area (Å²) in [5.74, 6) is -0.641. The lowest BCUT2D eigenvalue weighted by molar-refractivity contribution is -0.121. The number of nitrogens with one attached hydrogen (secondary N) is 1. The lowest BCUT2D eigenvalue weighted by Gasteiger charge is -2.37. The zero-order valence-corrected chi connectivity index (χ0v) is 17.8. The molecule has 1 N–H and O–H groups in total. The summed E-state index contributed by atoms with van der Waals surface area (Å²) in [4.78, 5) is 28.0. The van der Waals surface area contributed by atoms with Crippen LogP contribution in [0.4, 0.5) is 10.1 Å². The zero-order valence-electron chi connectivity index (χ0n) is 17.8.